The van der Waals surface area contributed by atoms with Gasteiger partial charge in [-0.2, -0.15) is 0 Å². The Morgan fingerprint density at radius 3 is 2.44 bits per heavy atom. The topological polar surface area (TPSA) is 35.2 Å². The number of nitrogens with two attached hydrogens (primary N) is 1. The third-order valence-corrected chi connectivity index (χ3v) is 3.91. The van der Waals surface area contributed by atoms with Crippen LogP contribution in [0.2, 0.25) is 5.02 Å². The van der Waals surface area contributed by atoms with Gasteiger partial charge in [-0.3, -0.25) is 0 Å². The van der Waals surface area contributed by atoms with E-state index in [2.05, 4.69) is 27.7 Å². The van der Waals surface area contributed by atoms with E-state index in [1.54, 1.807) is 7.11 Å². The Balaban J connectivity index is 2.90. The van der Waals surface area contributed by atoms with Crippen LogP contribution in [0.3, 0.4) is 0 Å². The summed E-state index contributed by atoms with van der Waals surface area (Å²) in [5.41, 5.74) is 7.54. The average Bonchev–Trinajstić information content (AvgIpc) is 2.27. The highest BCUT2D eigenvalue weighted by Crippen LogP contribution is 2.35. The zero-order valence-electron chi connectivity index (χ0n) is 12.0. The zero-order valence-corrected chi connectivity index (χ0v) is 12.7. The van der Waals surface area contributed by atoms with Gasteiger partial charge in [0.25, 0.3) is 0 Å². The van der Waals surface area contributed by atoms with Crippen molar-refractivity contribution in [1.29, 1.82) is 0 Å². The fraction of sp³-hybridized carbons (Fsp3) is 0.600. The number of hydrogen-bond acceptors (Lipinski definition) is 2. The molecule has 0 spiro atoms. The molecule has 2 N–H and O–H groups in total. The molecule has 2 nitrogen and oxygen atoms in total. The highest BCUT2D eigenvalue weighted by Gasteiger charge is 2.24. The normalized spacial score (nSPS) is 15.3. The first-order valence-corrected chi connectivity index (χ1v) is 6.72. The van der Waals surface area contributed by atoms with Crippen LogP contribution < -0.4 is 10.5 Å². The molecule has 3 heteroatoms. The molecule has 2 unspecified atom stereocenters. The predicted molar refractivity (Wildman–Crippen MR) is 78.2 cm³/mol. The largest absolute Gasteiger partial charge is 0.496 e. The first-order valence-electron chi connectivity index (χ1n) is 6.34. The van der Waals surface area contributed by atoms with Crippen molar-refractivity contribution in [3.05, 3.63) is 28.8 Å². The number of rotatable bonds is 4. The quantitative estimate of drug-likeness (QED) is 0.878. The van der Waals surface area contributed by atoms with E-state index in [0.717, 1.165) is 17.7 Å². The molecule has 1 aromatic carbocycles. The van der Waals surface area contributed by atoms with Gasteiger partial charge in [0.05, 0.1) is 7.11 Å². The summed E-state index contributed by atoms with van der Waals surface area (Å²) in [6, 6.07) is 5.55. The molecule has 1 aromatic rings. The summed E-state index contributed by atoms with van der Waals surface area (Å²) in [7, 11) is 1.66. The minimum absolute atomic E-state index is 0.0483. The Kier molecular flexibility index (Phi) is 5.06. The second-order valence-electron chi connectivity index (χ2n) is 6.00. The predicted octanol–water partition coefficient (Wildman–Crippen LogP) is 4.42. The summed E-state index contributed by atoms with van der Waals surface area (Å²) in [5, 5.41) is 0.699. The molecule has 0 fully saturated rings. The lowest BCUT2D eigenvalue weighted by molar-refractivity contribution is 0.232. The molecule has 1 rings (SSSR count). The molecule has 0 radical (unpaired) electrons. The molecule has 0 aliphatic carbocycles. The number of benzene rings is 1. The van der Waals surface area contributed by atoms with Crippen molar-refractivity contribution >= 4 is 11.6 Å². The van der Waals surface area contributed by atoms with Gasteiger partial charge in [0.1, 0.15) is 5.75 Å². The van der Waals surface area contributed by atoms with Crippen molar-refractivity contribution < 1.29 is 4.74 Å². The maximum atomic E-state index is 6.30. The van der Waals surface area contributed by atoms with E-state index < -0.39 is 0 Å². The molecule has 0 bridgehead atoms. The fourth-order valence-electron chi connectivity index (χ4n) is 1.86. The van der Waals surface area contributed by atoms with E-state index in [-0.39, 0.29) is 11.5 Å². The van der Waals surface area contributed by atoms with E-state index in [4.69, 9.17) is 22.1 Å². The van der Waals surface area contributed by atoms with Crippen LogP contribution >= 0.6 is 11.6 Å². The lowest BCUT2D eigenvalue weighted by Crippen LogP contribution is -2.23. The van der Waals surface area contributed by atoms with Crippen LogP contribution in [0, 0.1) is 11.3 Å². The highest BCUT2D eigenvalue weighted by atomic mass is 35.5. The van der Waals surface area contributed by atoms with Gasteiger partial charge in [-0.15, -0.1) is 0 Å². The van der Waals surface area contributed by atoms with E-state index in [0.29, 0.717) is 10.9 Å². The number of ether oxygens (including phenoxy) is 1. The number of hydrogen-bond donors (Lipinski definition) is 1. The maximum absolute atomic E-state index is 6.30. The lowest BCUT2D eigenvalue weighted by atomic mass is 9.77. The summed E-state index contributed by atoms with van der Waals surface area (Å²) < 4.78 is 5.35. The Hall–Kier alpha value is -0.730. The molecule has 0 aromatic heterocycles. The van der Waals surface area contributed by atoms with Crippen LogP contribution in [0.1, 0.15) is 45.7 Å². The van der Waals surface area contributed by atoms with Gasteiger partial charge in [-0.05, 0) is 36.0 Å². The molecular weight excluding hydrogens is 246 g/mol. The fourth-order valence-corrected chi connectivity index (χ4v) is 2.04. The molecule has 0 saturated heterocycles. The van der Waals surface area contributed by atoms with Gasteiger partial charge in [0.15, 0.2) is 0 Å². The molecule has 0 aliphatic heterocycles. The van der Waals surface area contributed by atoms with Crippen molar-refractivity contribution in [2.24, 2.45) is 17.1 Å². The van der Waals surface area contributed by atoms with Crippen molar-refractivity contribution in [3.63, 3.8) is 0 Å². The highest BCUT2D eigenvalue weighted by molar-refractivity contribution is 6.30. The van der Waals surface area contributed by atoms with Crippen molar-refractivity contribution in [2.75, 3.05) is 7.11 Å². The third kappa shape index (κ3) is 3.89. The van der Waals surface area contributed by atoms with Crippen molar-refractivity contribution in [3.8, 4) is 5.75 Å². The minimum atomic E-state index is -0.0483. The molecule has 102 valence electrons. The van der Waals surface area contributed by atoms with Gasteiger partial charge in [0.2, 0.25) is 0 Å². The molecule has 18 heavy (non-hydrogen) atoms. The lowest BCUT2D eigenvalue weighted by Gasteiger charge is -2.30. The zero-order chi connectivity index (χ0) is 13.9. The molecule has 2 atom stereocenters. The summed E-state index contributed by atoms with van der Waals surface area (Å²) in [6.07, 6.45) is 0.917. The van der Waals surface area contributed by atoms with Gasteiger partial charge in [0, 0.05) is 16.6 Å². The van der Waals surface area contributed by atoms with Crippen LogP contribution in [-0.4, -0.2) is 7.11 Å². The Morgan fingerprint density at radius 1 is 1.33 bits per heavy atom. The SMILES string of the molecule is COc1ccc(Cl)cc1C(N)CC(C)C(C)(C)C. The summed E-state index contributed by atoms with van der Waals surface area (Å²) in [4.78, 5) is 0. The van der Waals surface area contributed by atoms with E-state index >= 15 is 0 Å². The van der Waals surface area contributed by atoms with Crippen LogP contribution in [-0.2, 0) is 0 Å². The van der Waals surface area contributed by atoms with Crippen LogP contribution in [0.5, 0.6) is 5.75 Å². The van der Waals surface area contributed by atoms with Gasteiger partial charge in [-0.25, -0.2) is 0 Å². The number of halogens is 1. The summed E-state index contributed by atoms with van der Waals surface area (Å²) in [6.45, 7) is 8.94. The smallest absolute Gasteiger partial charge is 0.123 e. The monoisotopic (exact) mass is 269 g/mol. The third-order valence-electron chi connectivity index (χ3n) is 3.68. The first-order chi connectivity index (χ1) is 8.25. The van der Waals surface area contributed by atoms with Crippen molar-refractivity contribution in [1.82, 2.24) is 0 Å². The molecule has 0 amide bonds. The second kappa shape index (κ2) is 5.94. The Bertz CT molecular complexity index is 398. The van der Waals surface area contributed by atoms with Gasteiger partial charge >= 0.3 is 0 Å². The maximum Gasteiger partial charge on any atom is 0.123 e. The summed E-state index contributed by atoms with van der Waals surface area (Å²) >= 11 is 6.03. The van der Waals surface area contributed by atoms with Gasteiger partial charge < -0.3 is 10.5 Å². The van der Waals surface area contributed by atoms with E-state index in [1.807, 2.05) is 18.2 Å². The van der Waals surface area contributed by atoms with E-state index in [1.165, 1.54) is 0 Å². The van der Waals surface area contributed by atoms with Crippen molar-refractivity contribution in [2.45, 2.75) is 40.2 Å². The molecule has 0 saturated carbocycles. The Morgan fingerprint density at radius 2 is 1.94 bits per heavy atom. The number of methoxy groups -OCH3 is 1. The van der Waals surface area contributed by atoms with Crippen LogP contribution in [0.4, 0.5) is 0 Å². The summed E-state index contributed by atoms with van der Waals surface area (Å²) in [5.74, 6) is 1.34. The first kappa shape index (κ1) is 15.3. The molecule has 0 heterocycles. The van der Waals surface area contributed by atoms with Gasteiger partial charge in [-0.1, -0.05) is 39.3 Å². The standard InChI is InChI=1S/C15H24ClNO/c1-10(15(2,3)4)8-13(17)12-9-11(16)6-7-14(12)18-5/h6-7,9-10,13H,8,17H2,1-5H3. The van der Waals surface area contributed by atoms with E-state index in [9.17, 15) is 0 Å². The van der Waals surface area contributed by atoms with Crippen LogP contribution in [0.15, 0.2) is 18.2 Å². The average molecular weight is 270 g/mol. The minimum Gasteiger partial charge on any atom is -0.496 e. The second-order valence-corrected chi connectivity index (χ2v) is 6.43. The Labute approximate surface area is 115 Å². The van der Waals surface area contributed by atoms with Crippen LogP contribution in [0.25, 0.3) is 0 Å². The molecule has 0 aliphatic rings. The molecular formula is C15H24ClNO.